The Bertz CT molecular complexity index is 1300. The number of nitrogens with two attached hydrogens (primary N) is 1. The number of pyridine rings is 1. The quantitative estimate of drug-likeness (QED) is 0.337. The van der Waals surface area contributed by atoms with Crippen molar-refractivity contribution in [1.82, 2.24) is 14.7 Å². The Morgan fingerprint density at radius 1 is 1.03 bits per heavy atom. The van der Waals surface area contributed by atoms with Gasteiger partial charge in [-0.3, -0.25) is 9.20 Å². The largest absolute Gasteiger partial charge is 0.348 e. The number of aryl methyl sites for hydroxylation is 2. The minimum absolute atomic E-state index is 0.150. The first-order valence-electron chi connectivity index (χ1n) is 11.8. The molecule has 0 aliphatic heterocycles. The standard InChI is InChI=1S/C28H33N5O/c1-18(2)14-24-27(32-25-19(3)8-5-9-20(25)4)33-13-7-12-23(26(33)31-24)28(34)30-17-22-11-6-10-21(15-22)16-29/h5-13,15,18,32H,14,16-17,29H2,1-4H3,(H,30,34). The Labute approximate surface area is 201 Å². The molecule has 4 N–H and O–H groups in total. The summed E-state index contributed by atoms with van der Waals surface area (Å²) < 4.78 is 1.99. The zero-order valence-corrected chi connectivity index (χ0v) is 20.4. The van der Waals surface area contributed by atoms with Gasteiger partial charge in [0.05, 0.1) is 11.3 Å². The number of anilines is 2. The predicted molar refractivity (Wildman–Crippen MR) is 138 cm³/mol. The van der Waals surface area contributed by atoms with E-state index in [0.717, 1.165) is 34.7 Å². The van der Waals surface area contributed by atoms with Gasteiger partial charge in [-0.1, -0.05) is 56.3 Å². The van der Waals surface area contributed by atoms with Crippen LogP contribution < -0.4 is 16.4 Å². The maximum atomic E-state index is 13.2. The lowest BCUT2D eigenvalue weighted by molar-refractivity contribution is 0.0952. The second-order valence-corrected chi connectivity index (χ2v) is 9.22. The van der Waals surface area contributed by atoms with Gasteiger partial charge in [0, 0.05) is 25.0 Å². The summed E-state index contributed by atoms with van der Waals surface area (Å²) in [5.74, 6) is 1.19. The van der Waals surface area contributed by atoms with E-state index in [0.29, 0.717) is 30.2 Å². The van der Waals surface area contributed by atoms with Crippen LogP contribution in [0.2, 0.25) is 0 Å². The van der Waals surface area contributed by atoms with Crippen LogP contribution in [0.4, 0.5) is 11.5 Å². The fraction of sp³-hybridized carbons (Fsp3) is 0.286. The monoisotopic (exact) mass is 455 g/mol. The van der Waals surface area contributed by atoms with E-state index < -0.39 is 0 Å². The summed E-state index contributed by atoms with van der Waals surface area (Å²) in [6, 6.07) is 17.9. The summed E-state index contributed by atoms with van der Waals surface area (Å²) in [4.78, 5) is 18.1. The first-order chi connectivity index (χ1) is 16.4. The Morgan fingerprint density at radius 3 is 2.44 bits per heavy atom. The van der Waals surface area contributed by atoms with Gasteiger partial charge in [0.1, 0.15) is 5.82 Å². The molecule has 1 amide bonds. The number of imidazole rings is 1. The number of fused-ring (bicyclic) bond motifs is 1. The van der Waals surface area contributed by atoms with Crippen molar-refractivity contribution in [2.75, 3.05) is 5.32 Å². The number of benzene rings is 2. The molecule has 2 aromatic carbocycles. The summed E-state index contributed by atoms with van der Waals surface area (Å²) in [6.45, 7) is 9.45. The van der Waals surface area contributed by atoms with E-state index in [1.807, 2.05) is 47.0 Å². The molecule has 0 unspecified atom stereocenters. The SMILES string of the molecule is Cc1cccc(C)c1Nc1c(CC(C)C)nc2c(C(=O)NCc3cccc(CN)c3)cccn12. The van der Waals surface area contributed by atoms with Crippen LogP contribution in [0.3, 0.4) is 0 Å². The number of hydrogen-bond acceptors (Lipinski definition) is 4. The lowest BCUT2D eigenvalue weighted by Crippen LogP contribution is -2.23. The number of hydrogen-bond donors (Lipinski definition) is 3. The lowest BCUT2D eigenvalue weighted by Gasteiger charge is -2.14. The van der Waals surface area contributed by atoms with Gasteiger partial charge in [-0.05, 0) is 60.6 Å². The molecule has 4 rings (SSSR count). The summed E-state index contributed by atoms with van der Waals surface area (Å²) in [7, 11) is 0. The third kappa shape index (κ3) is 4.97. The van der Waals surface area contributed by atoms with Gasteiger partial charge in [-0.15, -0.1) is 0 Å². The van der Waals surface area contributed by atoms with Crippen molar-refractivity contribution in [2.45, 2.75) is 47.2 Å². The number of carbonyl (C=O) groups is 1. The second kappa shape index (κ2) is 10.1. The molecule has 6 heteroatoms. The van der Waals surface area contributed by atoms with Gasteiger partial charge < -0.3 is 16.4 Å². The highest BCUT2D eigenvalue weighted by Gasteiger charge is 2.20. The highest BCUT2D eigenvalue weighted by molar-refractivity contribution is 6.00. The van der Waals surface area contributed by atoms with Crippen LogP contribution in [0.15, 0.2) is 60.8 Å². The minimum Gasteiger partial charge on any atom is -0.348 e. The summed E-state index contributed by atoms with van der Waals surface area (Å²) >= 11 is 0. The molecule has 0 aliphatic carbocycles. The Kier molecular flexibility index (Phi) is 6.98. The third-order valence-corrected chi connectivity index (χ3v) is 5.97. The molecule has 2 heterocycles. The first kappa shape index (κ1) is 23.5. The molecule has 2 aromatic heterocycles. The van der Waals surface area contributed by atoms with Crippen LogP contribution in [-0.2, 0) is 19.5 Å². The van der Waals surface area contributed by atoms with Crippen LogP contribution in [0.25, 0.3) is 5.65 Å². The maximum absolute atomic E-state index is 13.2. The zero-order valence-electron chi connectivity index (χ0n) is 20.4. The molecule has 0 bridgehead atoms. The molecular formula is C28H33N5O. The Hall–Kier alpha value is -3.64. The van der Waals surface area contributed by atoms with Gasteiger partial charge in [-0.2, -0.15) is 0 Å². The number of nitrogens with zero attached hydrogens (tertiary/aromatic N) is 2. The van der Waals surface area contributed by atoms with Crippen molar-refractivity contribution in [2.24, 2.45) is 11.7 Å². The summed E-state index contributed by atoms with van der Waals surface area (Å²) in [5, 5.41) is 6.67. The molecule has 34 heavy (non-hydrogen) atoms. The fourth-order valence-electron chi connectivity index (χ4n) is 4.23. The molecule has 0 spiro atoms. The van der Waals surface area contributed by atoms with Gasteiger partial charge >= 0.3 is 0 Å². The number of aromatic nitrogens is 2. The summed E-state index contributed by atoms with van der Waals surface area (Å²) in [5.41, 5.74) is 13.4. The highest BCUT2D eigenvalue weighted by atomic mass is 16.1. The molecule has 0 fully saturated rings. The minimum atomic E-state index is -0.150. The Morgan fingerprint density at radius 2 is 1.74 bits per heavy atom. The van der Waals surface area contributed by atoms with Gasteiger partial charge in [0.2, 0.25) is 0 Å². The molecule has 0 radical (unpaired) electrons. The van der Waals surface area contributed by atoms with Crippen LogP contribution in [-0.4, -0.2) is 15.3 Å². The Balaban J connectivity index is 1.69. The van der Waals surface area contributed by atoms with Crippen molar-refractivity contribution < 1.29 is 4.79 Å². The smallest absolute Gasteiger partial charge is 0.255 e. The molecule has 6 nitrogen and oxygen atoms in total. The maximum Gasteiger partial charge on any atom is 0.255 e. The lowest BCUT2D eigenvalue weighted by atomic mass is 10.1. The van der Waals surface area contributed by atoms with Crippen molar-refractivity contribution >= 4 is 23.1 Å². The molecule has 0 saturated heterocycles. The number of amides is 1. The number of nitrogens with one attached hydrogen (secondary N) is 2. The van der Waals surface area contributed by atoms with E-state index in [-0.39, 0.29) is 5.91 Å². The van der Waals surface area contributed by atoms with E-state index in [4.69, 9.17) is 10.7 Å². The molecule has 0 aliphatic rings. The number of carbonyl (C=O) groups excluding carboxylic acids is 1. The zero-order chi connectivity index (χ0) is 24.2. The van der Waals surface area contributed by atoms with Crippen LogP contribution in [0.5, 0.6) is 0 Å². The van der Waals surface area contributed by atoms with Crippen LogP contribution in [0, 0.1) is 19.8 Å². The van der Waals surface area contributed by atoms with E-state index in [1.165, 1.54) is 11.1 Å². The van der Waals surface area contributed by atoms with Gasteiger partial charge in [-0.25, -0.2) is 4.98 Å². The third-order valence-electron chi connectivity index (χ3n) is 5.97. The molecule has 176 valence electrons. The molecule has 4 aromatic rings. The van der Waals surface area contributed by atoms with Crippen LogP contribution >= 0.6 is 0 Å². The average Bonchev–Trinajstić information content (AvgIpc) is 3.16. The van der Waals surface area contributed by atoms with E-state index in [9.17, 15) is 4.79 Å². The van der Waals surface area contributed by atoms with Crippen LogP contribution in [0.1, 0.15) is 52.2 Å². The van der Waals surface area contributed by atoms with E-state index in [2.05, 4.69) is 56.5 Å². The summed E-state index contributed by atoms with van der Waals surface area (Å²) in [6.07, 6.45) is 2.77. The van der Waals surface area contributed by atoms with E-state index >= 15 is 0 Å². The second-order valence-electron chi connectivity index (χ2n) is 9.22. The highest BCUT2D eigenvalue weighted by Crippen LogP contribution is 2.29. The molecule has 0 atom stereocenters. The fourth-order valence-corrected chi connectivity index (χ4v) is 4.23. The molecular weight excluding hydrogens is 422 g/mol. The topological polar surface area (TPSA) is 84.5 Å². The average molecular weight is 456 g/mol. The van der Waals surface area contributed by atoms with Crippen molar-refractivity contribution in [3.63, 3.8) is 0 Å². The first-order valence-corrected chi connectivity index (χ1v) is 11.8. The van der Waals surface area contributed by atoms with Crippen molar-refractivity contribution in [1.29, 1.82) is 0 Å². The van der Waals surface area contributed by atoms with Crippen molar-refractivity contribution in [3.05, 3.63) is 94.3 Å². The predicted octanol–water partition coefficient (Wildman–Crippen LogP) is 5.28. The number of rotatable bonds is 8. The molecule has 0 saturated carbocycles. The van der Waals surface area contributed by atoms with E-state index in [1.54, 1.807) is 0 Å². The van der Waals surface area contributed by atoms with Gasteiger partial charge in [0.15, 0.2) is 5.65 Å². The normalized spacial score (nSPS) is 11.2. The van der Waals surface area contributed by atoms with Gasteiger partial charge in [0.25, 0.3) is 5.91 Å². The van der Waals surface area contributed by atoms with Crippen molar-refractivity contribution in [3.8, 4) is 0 Å². The number of para-hydroxylation sites is 1.